The van der Waals surface area contributed by atoms with E-state index in [0.29, 0.717) is 16.9 Å². The zero-order valence-electron chi connectivity index (χ0n) is 18.3. The van der Waals surface area contributed by atoms with Crippen LogP contribution in [-0.4, -0.2) is 17.1 Å². The van der Waals surface area contributed by atoms with Crippen LogP contribution in [0.25, 0.3) is 0 Å². The predicted molar refractivity (Wildman–Crippen MR) is 130 cm³/mol. The first-order chi connectivity index (χ1) is 14.7. The van der Waals surface area contributed by atoms with Crippen LogP contribution in [0, 0.1) is 0 Å². The van der Waals surface area contributed by atoms with Crippen molar-refractivity contribution in [1.82, 2.24) is 0 Å². The Bertz CT molecular complexity index is 1040. The van der Waals surface area contributed by atoms with E-state index in [2.05, 4.69) is 31.4 Å². The van der Waals surface area contributed by atoms with E-state index in [1.54, 1.807) is 12.1 Å². The number of anilines is 2. The van der Waals surface area contributed by atoms with Gasteiger partial charge in [0.1, 0.15) is 0 Å². The van der Waals surface area contributed by atoms with Crippen molar-refractivity contribution < 1.29 is 9.59 Å². The molecule has 0 fully saturated rings. The quantitative estimate of drug-likeness (QED) is 0.446. The lowest BCUT2D eigenvalue weighted by Crippen LogP contribution is -2.22. The van der Waals surface area contributed by atoms with Crippen molar-refractivity contribution in [3.63, 3.8) is 0 Å². The summed E-state index contributed by atoms with van der Waals surface area (Å²) in [4.78, 5) is 26.2. The first-order valence-corrected chi connectivity index (χ1v) is 11.1. The number of carbonyl (C=O) groups excluding carboxylic acids is 2. The maximum Gasteiger partial charge on any atom is 0.255 e. The molecule has 3 rings (SSSR count). The van der Waals surface area contributed by atoms with E-state index in [0.717, 1.165) is 4.90 Å². The first kappa shape index (κ1) is 22.6. The highest BCUT2D eigenvalue weighted by Crippen LogP contribution is 2.25. The minimum atomic E-state index is -0.248. The summed E-state index contributed by atoms with van der Waals surface area (Å²) in [7, 11) is 0. The number of nitrogens with one attached hydrogen (secondary N) is 2. The molecule has 0 aliphatic heterocycles. The molecule has 0 aromatic heterocycles. The van der Waals surface area contributed by atoms with Crippen molar-refractivity contribution in [2.45, 2.75) is 43.3 Å². The molecule has 160 valence electrons. The molecule has 0 saturated carbocycles. The van der Waals surface area contributed by atoms with Crippen LogP contribution in [-0.2, 0) is 10.2 Å². The van der Waals surface area contributed by atoms with E-state index in [1.807, 2.05) is 73.7 Å². The molecule has 0 saturated heterocycles. The maximum atomic E-state index is 12.6. The fraction of sp³-hybridized carbons (Fsp3) is 0.231. The van der Waals surface area contributed by atoms with E-state index < -0.39 is 0 Å². The molecular weight excluding hydrogens is 404 g/mol. The molecule has 0 spiro atoms. The molecule has 0 aliphatic carbocycles. The van der Waals surface area contributed by atoms with Gasteiger partial charge in [-0.3, -0.25) is 9.59 Å². The number of carbonyl (C=O) groups is 2. The number of amides is 2. The third-order valence-corrected chi connectivity index (χ3v) is 5.94. The van der Waals surface area contributed by atoms with E-state index >= 15 is 0 Å². The Balaban J connectivity index is 1.62. The van der Waals surface area contributed by atoms with Crippen LogP contribution in [0.2, 0.25) is 0 Å². The molecule has 5 heteroatoms. The molecule has 2 amide bonds. The zero-order valence-corrected chi connectivity index (χ0v) is 19.1. The van der Waals surface area contributed by atoms with Crippen molar-refractivity contribution >= 4 is 35.0 Å². The summed E-state index contributed by atoms with van der Waals surface area (Å²) in [6.07, 6.45) is 0. The Morgan fingerprint density at radius 2 is 1.42 bits per heavy atom. The molecule has 0 heterocycles. The lowest BCUT2D eigenvalue weighted by Gasteiger charge is -2.19. The third kappa shape index (κ3) is 6.46. The van der Waals surface area contributed by atoms with Gasteiger partial charge in [-0.25, -0.2) is 0 Å². The number of rotatable bonds is 6. The SMILES string of the molecule is C[C@@H](Sc1ccccc1)C(=O)Nc1cccc(NC(=O)c2ccc(C(C)(C)C)cc2)c1. The zero-order chi connectivity index (χ0) is 22.4. The van der Waals surface area contributed by atoms with Gasteiger partial charge in [-0.15, -0.1) is 11.8 Å². The highest BCUT2D eigenvalue weighted by atomic mass is 32.2. The fourth-order valence-corrected chi connectivity index (χ4v) is 3.89. The molecule has 2 N–H and O–H groups in total. The molecule has 0 unspecified atom stereocenters. The molecule has 31 heavy (non-hydrogen) atoms. The molecule has 0 radical (unpaired) electrons. The summed E-state index contributed by atoms with van der Waals surface area (Å²) in [5.41, 5.74) is 3.08. The monoisotopic (exact) mass is 432 g/mol. The maximum absolute atomic E-state index is 12.6. The summed E-state index contributed by atoms with van der Waals surface area (Å²) in [6.45, 7) is 8.29. The van der Waals surface area contributed by atoms with Crippen LogP contribution in [0.1, 0.15) is 43.6 Å². The normalized spacial score (nSPS) is 12.1. The van der Waals surface area contributed by atoms with Gasteiger partial charge in [0.05, 0.1) is 5.25 Å². The van der Waals surface area contributed by atoms with Crippen LogP contribution >= 0.6 is 11.8 Å². The second-order valence-corrected chi connectivity index (χ2v) is 9.84. The summed E-state index contributed by atoms with van der Waals surface area (Å²) in [6, 6.07) is 24.7. The van der Waals surface area contributed by atoms with Gasteiger partial charge in [-0.2, -0.15) is 0 Å². The smallest absolute Gasteiger partial charge is 0.255 e. The molecule has 3 aromatic carbocycles. The van der Waals surface area contributed by atoms with Crippen molar-refractivity contribution in [2.24, 2.45) is 0 Å². The van der Waals surface area contributed by atoms with Gasteiger partial charge in [0, 0.05) is 21.8 Å². The van der Waals surface area contributed by atoms with E-state index in [-0.39, 0.29) is 22.5 Å². The van der Waals surface area contributed by atoms with E-state index in [4.69, 9.17) is 0 Å². The van der Waals surface area contributed by atoms with Crippen LogP contribution in [0.4, 0.5) is 11.4 Å². The Kier molecular flexibility index (Phi) is 7.18. The predicted octanol–water partition coefficient (Wildman–Crippen LogP) is 6.36. The van der Waals surface area contributed by atoms with Crippen LogP contribution in [0.5, 0.6) is 0 Å². The highest BCUT2D eigenvalue weighted by Gasteiger charge is 2.16. The Morgan fingerprint density at radius 3 is 2.03 bits per heavy atom. The summed E-state index contributed by atoms with van der Waals surface area (Å²) >= 11 is 1.50. The standard InChI is InChI=1S/C26H28N2O2S/c1-18(31-23-11-6-5-7-12-23)24(29)27-21-9-8-10-22(17-21)28-25(30)19-13-15-20(16-14-19)26(2,3)4/h5-18H,1-4H3,(H,27,29)(H,28,30)/t18-/m1/s1. The first-order valence-electron chi connectivity index (χ1n) is 10.3. The second kappa shape index (κ2) is 9.84. The number of hydrogen-bond donors (Lipinski definition) is 2. The molecule has 1 atom stereocenters. The molecule has 3 aromatic rings. The van der Waals surface area contributed by atoms with Gasteiger partial charge in [0.15, 0.2) is 0 Å². The molecule has 0 aliphatic rings. The van der Waals surface area contributed by atoms with Crippen molar-refractivity contribution in [2.75, 3.05) is 10.6 Å². The van der Waals surface area contributed by atoms with Crippen LogP contribution < -0.4 is 10.6 Å². The van der Waals surface area contributed by atoms with Gasteiger partial charge in [-0.05, 0) is 60.4 Å². The van der Waals surface area contributed by atoms with Crippen LogP contribution in [0.15, 0.2) is 83.8 Å². The van der Waals surface area contributed by atoms with E-state index in [1.165, 1.54) is 17.3 Å². The average molecular weight is 433 g/mol. The highest BCUT2D eigenvalue weighted by molar-refractivity contribution is 8.00. The lowest BCUT2D eigenvalue weighted by atomic mass is 9.87. The summed E-state index contributed by atoms with van der Waals surface area (Å²) in [5.74, 6) is -0.271. The second-order valence-electron chi connectivity index (χ2n) is 8.42. The van der Waals surface area contributed by atoms with Gasteiger partial charge in [-0.1, -0.05) is 57.2 Å². The Labute approximate surface area is 188 Å². The summed E-state index contributed by atoms with van der Waals surface area (Å²) in [5, 5.41) is 5.58. The van der Waals surface area contributed by atoms with Gasteiger partial charge >= 0.3 is 0 Å². The molecule has 4 nitrogen and oxygen atoms in total. The van der Waals surface area contributed by atoms with Gasteiger partial charge < -0.3 is 10.6 Å². The minimum absolute atomic E-state index is 0.0392. The Hall–Kier alpha value is -3.05. The number of hydrogen-bond acceptors (Lipinski definition) is 3. The Morgan fingerprint density at radius 1 is 0.806 bits per heavy atom. The third-order valence-electron chi connectivity index (χ3n) is 4.83. The fourth-order valence-electron chi connectivity index (χ4n) is 3.00. The number of benzene rings is 3. The van der Waals surface area contributed by atoms with E-state index in [9.17, 15) is 9.59 Å². The largest absolute Gasteiger partial charge is 0.325 e. The van der Waals surface area contributed by atoms with Gasteiger partial charge in [0.2, 0.25) is 5.91 Å². The molecule has 0 bridgehead atoms. The van der Waals surface area contributed by atoms with Crippen LogP contribution in [0.3, 0.4) is 0 Å². The van der Waals surface area contributed by atoms with Gasteiger partial charge in [0.25, 0.3) is 5.91 Å². The number of thioether (sulfide) groups is 1. The van der Waals surface area contributed by atoms with Crippen molar-refractivity contribution in [1.29, 1.82) is 0 Å². The average Bonchev–Trinajstić information content (AvgIpc) is 2.74. The lowest BCUT2D eigenvalue weighted by molar-refractivity contribution is -0.115. The molecular formula is C26H28N2O2S. The van der Waals surface area contributed by atoms with Crippen molar-refractivity contribution in [3.8, 4) is 0 Å². The minimum Gasteiger partial charge on any atom is -0.325 e. The van der Waals surface area contributed by atoms with Crippen molar-refractivity contribution in [3.05, 3.63) is 90.0 Å². The topological polar surface area (TPSA) is 58.2 Å². The summed E-state index contributed by atoms with van der Waals surface area (Å²) < 4.78 is 0.